The Labute approximate surface area is 92.1 Å². The summed E-state index contributed by atoms with van der Waals surface area (Å²) in [6, 6.07) is 10.7. The summed E-state index contributed by atoms with van der Waals surface area (Å²) >= 11 is 1.94. The number of thioether (sulfide) groups is 1. The summed E-state index contributed by atoms with van der Waals surface area (Å²) < 4.78 is 0. The number of aryl methyl sites for hydroxylation is 1. The molecule has 0 unspecified atom stereocenters. The van der Waals surface area contributed by atoms with Crippen LogP contribution in [0.1, 0.15) is 24.8 Å². The number of hydrogen-bond donors (Lipinski definition) is 0. The molecule has 0 nitrogen and oxygen atoms in total. The standard InChI is InChI=1S/C13H19S/c1-2-14-12-8-4-7-11-13-9-5-3-6-10-13/h3,5-6,9-10H,1-2,4,7-8,11-12H2. The minimum atomic E-state index is 1.01. The van der Waals surface area contributed by atoms with Crippen LogP contribution in [-0.4, -0.2) is 11.5 Å². The Morgan fingerprint density at radius 3 is 2.50 bits per heavy atom. The highest BCUT2D eigenvalue weighted by molar-refractivity contribution is 7.99. The van der Waals surface area contributed by atoms with Crippen molar-refractivity contribution in [2.75, 3.05) is 11.5 Å². The Morgan fingerprint density at radius 2 is 1.79 bits per heavy atom. The monoisotopic (exact) mass is 207 g/mol. The Bertz CT molecular complexity index is 218. The quantitative estimate of drug-likeness (QED) is 0.610. The fourth-order valence-corrected chi connectivity index (χ4v) is 2.07. The lowest BCUT2D eigenvalue weighted by Gasteiger charge is -2.01. The lowest BCUT2D eigenvalue weighted by Crippen LogP contribution is -1.86. The van der Waals surface area contributed by atoms with Crippen LogP contribution in [0.2, 0.25) is 0 Å². The van der Waals surface area contributed by atoms with Crippen molar-refractivity contribution in [3.8, 4) is 0 Å². The topological polar surface area (TPSA) is 0 Å². The molecule has 0 aromatic heterocycles. The molecule has 0 bridgehead atoms. The molecule has 14 heavy (non-hydrogen) atoms. The first kappa shape index (κ1) is 11.6. The van der Waals surface area contributed by atoms with Crippen molar-refractivity contribution in [1.29, 1.82) is 0 Å². The van der Waals surface area contributed by atoms with Gasteiger partial charge >= 0.3 is 0 Å². The summed E-state index contributed by atoms with van der Waals surface area (Å²) in [7, 11) is 0. The summed E-state index contributed by atoms with van der Waals surface area (Å²) in [4.78, 5) is 0. The molecule has 0 atom stereocenters. The Balaban J connectivity index is 1.99. The van der Waals surface area contributed by atoms with Gasteiger partial charge in [0.25, 0.3) is 0 Å². The van der Waals surface area contributed by atoms with Crippen LogP contribution < -0.4 is 0 Å². The maximum absolute atomic E-state index is 3.81. The van der Waals surface area contributed by atoms with Crippen LogP contribution in [0.15, 0.2) is 30.3 Å². The van der Waals surface area contributed by atoms with Crippen LogP contribution in [0.3, 0.4) is 0 Å². The van der Waals surface area contributed by atoms with Crippen molar-refractivity contribution in [2.24, 2.45) is 0 Å². The lowest BCUT2D eigenvalue weighted by molar-refractivity contribution is 0.722. The minimum absolute atomic E-state index is 1.01. The molecule has 0 amide bonds. The molecule has 0 spiro atoms. The van der Waals surface area contributed by atoms with Gasteiger partial charge in [-0.3, -0.25) is 0 Å². The predicted octanol–water partition coefficient (Wildman–Crippen LogP) is 3.97. The fourth-order valence-electron chi connectivity index (χ4n) is 1.46. The van der Waals surface area contributed by atoms with Crippen LogP contribution >= 0.6 is 11.8 Å². The third kappa shape index (κ3) is 5.33. The molecule has 0 aliphatic rings. The zero-order valence-corrected chi connectivity index (χ0v) is 9.56. The second-order valence-corrected chi connectivity index (χ2v) is 4.63. The van der Waals surface area contributed by atoms with Crippen LogP contribution in [0, 0.1) is 6.92 Å². The molecule has 0 saturated carbocycles. The smallest absolute Gasteiger partial charge is 0.00672 e. The van der Waals surface area contributed by atoms with Crippen molar-refractivity contribution in [1.82, 2.24) is 0 Å². The van der Waals surface area contributed by atoms with Crippen molar-refractivity contribution < 1.29 is 0 Å². The Hall–Kier alpha value is -0.430. The van der Waals surface area contributed by atoms with Gasteiger partial charge in [-0.2, -0.15) is 11.8 Å². The molecule has 0 fully saturated rings. The van der Waals surface area contributed by atoms with Crippen LogP contribution in [0.4, 0.5) is 0 Å². The lowest BCUT2D eigenvalue weighted by atomic mass is 10.1. The second kappa shape index (κ2) is 7.93. The highest BCUT2D eigenvalue weighted by Gasteiger charge is 1.92. The van der Waals surface area contributed by atoms with Crippen LogP contribution in [0.25, 0.3) is 0 Å². The van der Waals surface area contributed by atoms with E-state index >= 15 is 0 Å². The average molecular weight is 207 g/mol. The predicted molar refractivity (Wildman–Crippen MR) is 66.7 cm³/mol. The van der Waals surface area contributed by atoms with E-state index in [1.165, 1.54) is 37.0 Å². The van der Waals surface area contributed by atoms with Crippen LogP contribution in [0.5, 0.6) is 0 Å². The van der Waals surface area contributed by atoms with Crippen molar-refractivity contribution in [3.05, 3.63) is 42.8 Å². The highest BCUT2D eigenvalue weighted by Crippen LogP contribution is 2.09. The molecular formula is C13H19S. The number of hydrogen-bond acceptors (Lipinski definition) is 1. The molecule has 1 aromatic rings. The molecule has 0 N–H and O–H groups in total. The molecular weight excluding hydrogens is 188 g/mol. The Kier molecular flexibility index (Phi) is 6.59. The minimum Gasteiger partial charge on any atom is -0.162 e. The van der Waals surface area contributed by atoms with E-state index in [-0.39, 0.29) is 0 Å². The highest BCUT2D eigenvalue weighted by atomic mass is 32.2. The third-order valence-corrected chi connectivity index (χ3v) is 3.11. The summed E-state index contributed by atoms with van der Waals surface area (Å²) in [6.45, 7) is 3.81. The zero-order chi connectivity index (χ0) is 10.1. The summed E-state index contributed by atoms with van der Waals surface area (Å²) in [5, 5.41) is 0. The van der Waals surface area contributed by atoms with E-state index in [2.05, 4.69) is 37.3 Å². The van der Waals surface area contributed by atoms with E-state index in [1.54, 1.807) is 0 Å². The van der Waals surface area contributed by atoms with Gasteiger partial charge in [-0.05, 0) is 43.3 Å². The fraction of sp³-hybridized carbons (Fsp3) is 0.462. The number of rotatable bonds is 7. The van der Waals surface area contributed by atoms with E-state index in [1.807, 2.05) is 11.8 Å². The normalized spacial score (nSPS) is 10.4. The molecule has 1 aromatic carbocycles. The molecule has 0 heterocycles. The van der Waals surface area contributed by atoms with Gasteiger partial charge in [0.15, 0.2) is 0 Å². The molecule has 77 valence electrons. The van der Waals surface area contributed by atoms with E-state index in [4.69, 9.17) is 0 Å². The van der Waals surface area contributed by atoms with Crippen molar-refractivity contribution in [2.45, 2.75) is 25.7 Å². The molecule has 1 radical (unpaired) electrons. The van der Waals surface area contributed by atoms with Gasteiger partial charge in [0, 0.05) is 0 Å². The average Bonchev–Trinajstić information content (AvgIpc) is 2.25. The number of benzene rings is 1. The van der Waals surface area contributed by atoms with E-state index in [9.17, 15) is 0 Å². The van der Waals surface area contributed by atoms with Crippen LogP contribution in [-0.2, 0) is 6.42 Å². The van der Waals surface area contributed by atoms with Gasteiger partial charge < -0.3 is 0 Å². The van der Waals surface area contributed by atoms with Gasteiger partial charge in [0.1, 0.15) is 0 Å². The summed E-state index contributed by atoms with van der Waals surface area (Å²) in [6.07, 6.45) is 5.24. The first-order chi connectivity index (χ1) is 6.93. The van der Waals surface area contributed by atoms with Crippen molar-refractivity contribution in [3.63, 3.8) is 0 Å². The second-order valence-electron chi connectivity index (χ2n) is 3.41. The summed E-state index contributed by atoms with van der Waals surface area (Å²) in [5.41, 5.74) is 1.47. The van der Waals surface area contributed by atoms with Gasteiger partial charge in [-0.25, -0.2) is 0 Å². The Morgan fingerprint density at radius 1 is 1.00 bits per heavy atom. The zero-order valence-electron chi connectivity index (χ0n) is 8.74. The van der Waals surface area contributed by atoms with E-state index in [0.717, 1.165) is 5.75 Å². The van der Waals surface area contributed by atoms with Gasteiger partial charge in [0.05, 0.1) is 0 Å². The maximum atomic E-state index is 3.81. The first-order valence-electron chi connectivity index (χ1n) is 5.34. The van der Waals surface area contributed by atoms with Gasteiger partial charge in [-0.15, -0.1) is 0 Å². The molecule has 0 aliphatic carbocycles. The first-order valence-corrected chi connectivity index (χ1v) is 6.50. The molecule has 1 heteroatoms. The van der Waals surface area contributed by atoms with Crippen molar-refractivity contribution >= 4 is 11.8 Å². The maximum Gasteiger partial charge on any atom is -0.00672 e. The largest absolute Gasteiger partial charge is 0.162 e. The van der Waals surface area contributed by atoms with E-state index in [0.29, 0.717) is 0 Å². The molecule has 0 saturated heterocycles. The molecule has 1 rings (SSSR count). The van der Waals surface area contributed by atoms with E-state index < -0.39 is 0 Å². The molecule has 0 aliphatic heterocycles. The third-order valence-electron chi connectivity index (χ3n) is 2.24. The van der Waals surface area contributed by atoms with Gasteiger partial charge in [0.2, 0.25) is 0 Å². The summed E-state index contributed by atoms with van der Waals surface area (Å²) in [5.74, 6) is 2.29. The SMILES string of the molecule is [CH2]CSCCCCCc1ccccc1. The number of unbranched alkanes of at least 4 members (excludes halogenated alkanes) is 2. The van der Waals surface area contributed by atoms with Gasteiger partial charge in [-0.1, -0.05) is 36.8 Å².